The van der Waals surface area contributed by atoms with E-state index in [2.05, 4.69) is 33.4 Å². The first-order chi connectivity index (χ1) is 7.59. The zero-order valence-corrected chi connectivity index (χ0v) is 11.1. The van der Waals surface area contributed by atoms with E-state index in [0.717, 1.165) is 40.9 Å². The van der Waals surface area contributed by atoms with Crippen LogP contribution in [-0.2, 0) is 4.79 Å². The van der Waals surface area contributed by atoms with Crippen LogP contribution in [0.3, 0.4) is 0 Å². The lowest BCUT2D eigenvalue weighted by Crippen LogP contribution is -2.29. The Bertz CT molecular complexity index is 431. The van der Waals surface area contributed by atoms with Crippen molar-refractivity contribution in [3.05, 3.63) is 22.2 Å². The second kappa shape index (κ2) is 4.45. The minimum atomic E-state index is 0.0995. The van der Waals surface area contributed by atoms with Crippen LogP contribution in [0, 0.1) is 6.92 Å². The summed E-state index contributed by atoms with van der Waals surface area (Å²) in [4.78, 5) is 13.5. The van der Waals surface area contributed by atoms with Crippen molar-refractivity contribution in [3.63, 3.8) is 0 Å². The Balaban J connectivity index is 2.55. The summed E-state index contributed by atoms with van der Waals surface area (Å²) in [5, 5.41) is 3.36. The predicted molar refractivity (Wildman–Crippen MR) is 70.0 cm³/mol. The molecule has 0 aromatic heterocycles. The summed E-state index contributed by atoms with van der Waals surface area (Å²) < 4.78 is 1.02. The number of anilines is 2. The van der Waals surface area contributed by atoms with E-state index < -0.39 is 0 Å². The fraction of sp³-hybridized carbons (Fsp3) is 0.417. The number of benzene rings is 1. The molecule has 16 heavy (non-hydrogen) atoms. The van der Waals surface area contributed by atoms with Gasteiger partial charge in [0, 0.05) is 24.5 Å². The number of nitrogens with one attached hydrogen (secondary N) is 1. The first kappa shape index (κ1) is 11.5. The molecule has 1 heterocycles. The molecule has 0 saturated carbocycles. The highest BCUT2D eigenvalue weighted by atomic mass is 79.9. The van der Waals surface area contributed by atoms with Crippen LogP contribution in [-0.4, -0.2) is 19.0 Å². The molecule has 0 radical (unpaired) electrons. The van der Waals surface area contributed by atoms with Crippen molar-refractivity contribution in [1.29, 1.82) is 0 Å². The van der Waals surface area contributed by atoms with E-state index in [1.165, 1.54) is 0 Å². The van der Waals surface area contributed by atoms with Gasteiger partial charge in [0.05, 0.1) is 11.4 Å². The summed E-state index contributed by atoms with van der Waals surface area (Å²) in [6.07, 6.45) is 0.972. The smallest absolute Gasteiger partial charge is 0.223 e. The summed E-state index contributed by atoms with van der Waals surface area (Å²) in [6, 6.07) is 4.12. The Morgan fingerprint density at radius 1 is 1.50 bits per heavy atom. The van der Waals surface area contributed by atoms with Crippen molar-refractivity contribution in [1.82, 2.24) is 0 Å². The number of aryl methyl sites for hydroxylation is 1. The van der Waals surface area contributed by atoms with Crippen molar-refractivity contribution in [2.45, 2.75) is 20.3 Å². The molecule has 1 aromatic rings. The molecule has 86 valence electrons. The van der Waals surface area contributed by atoms with Gasteiger partial charge in [-0.2, -0.15) is 0 Å². The number of carbonyl (C=O) groups is 1. The molecule has 1 N–H and O–H groups in total. The molecule has 4 heteroatoms. The van der Waals surface area contributed by atoms with Gasteiger partial charge in [0.15, 0.2) is 0 Å². The molecule has 0 unspecified atom stereocenters. The Morgan fingerprint density at radius 3 is 2.94 bits per heavy atom. The fourth-order valence-corrected chi connectivity index (χ4v) is 2.71. The summed E-state index contributed by atoms with van der Waals surface area (Å²) in [6.45, 7) is 5.34. The largest absolute Gasteiger partial charge is 0.382 e. The Hall–Kier alpha value is -1.03. The van der Waals surface area contributed by atoms with E-state index in [9.17, 15) is 4.79 Å². The zero-order chi connectivity index (χ0) is 11.7. The molecule has 1 aliphatic rings. The second-order valence-electron chi connectivity index (χ2n) is 4.09. The van der Waals surface area contributed by atoms with Crippen LogP contribution in [0.4, 0.5) is 11.4 Å². The van der Waals surface area contributed by atoms with Crippen molar-refractivity contribution >= 4 is 33.2 Å². The maximum Gasteiger partial charge on any atom is 0.223 e. The molecular weight excluding hydrogens is 268 g/mol. The Morgan fingerprint density at radius 2 is 2.25 bits per heavy atom. The highest BCUT2D eigenvalue weighted by molar-refractivity contribution is 9.10. The van der Waals surface area contributed by atoms with Gasteiger partial charge in [-0.3, -0.25) is 4.79 Å². The van der Waals surface area contributed by atoms with Crippen LogP contribution in [0.2, 0.25) is 0 Å². The molecule has 0 atom stereocenters. The monoisotopic (exact) mass is 282 g/mol. The van der Waals surface area contributed by atoms with Crippen LogP contribution >= 0.6 is 15.9 Å². The molecule has 0 bridgehead atoms. The highest BCUT2D eigenvalue weighted by Crippen LogP contribution is 2.36. The number of hydrogen-bond acceptors (Lipinski definition) is 2. The van der Waals surface area contributed by atoms with E-state index in [-0.39, 0.29) is 5.91 Å². The fourth-order valence-electron chi connectivity index (χ4n) is 2.01. The van der Waals surface area contributed by atoms with Gasteiger partial charge in [-0.1, -0.05) is 0 Å². The van der Waals surface area contributed by atoms with E-state index in [4.69, 9.17) is 0 Å². The number of hydrogen-bond donors (Lipinski definition) is 1. The zero-order valence-electron chi connectivity index (χ0n) is 9.51. The number of halogens is 1. The van der Waals surface area contributed by atoms with Crippen LogP contribution in [0.5, 0.6) is 0 Å². The lowest BCUT2D eigenvalue weighted by atomic mass is 10.1. The first-order valence-corrected chi connectivity index (χ1v) is 6.21. The van der Waals surface area contributed by atoms with E-state index in [1.54, 1.807) is 6.92 Å². The molecule has 0 saturated heterocycles. The molecule has 3 nitrogen and oxygen atoms in total. The Labute approximate surface area is 104 Å². The van der Waals surface area contributed by atoms with Gasteiger partial charge in [0.25, 0.3) is 0 Å². The molecule has 0 aliphatic carbocycles. The number of nitrogens with zero attached hydrogens (tertiary/aromatic N) is 1. The SMILES string of the molecule is CC(=O)N1CCCNc2c(Br)cc(C)cc21. The highest BCUT2D eigenvalue weighted by Gasteiger charge is 2.20. The number of rotatable bonds is 0. The predicted octanol–water partition coefficient (Wildman–Crippen LogP) is 2.93. The third kappa shape index (κ3) is 2.07. The molecule has 1 amide bonds. The molecule has 0 spiro atoms. The topological polar surface area (TPSA) is 32.3 Å². The lowest BCUT2D eigenvalue weighted by molar-refractivity contribution is -0.116. The van der Waals surface area contributed by atoms with E-state index >= 15 is 0 Å². The van der Waals surface area contributed by atoms with Crippen molar-refractivity contribution in [2.75, 3.05) is 23.3 Å². The van der Waals surface area contributed by atoms with Gasteiger partial charge < -0.3 is 10.2 Å². The van der Waals surface area contributed by atoms with Gasteiger partial charge in [-0.15, -0.1) is 0 Å². The molecular formula is C12H15BrN2O. The van der Waals surface area contributed by atoms with Gasteiger partial charge in [0.2, 0.25) is 5.91 Å². The lowest BCUT2D eigenvalue weighted by Gasteiger charge is -2.22. The minimum Gasteiger partial charge on any atom is -0.382 e. The number of carbonyl (C=O) groups excluding carboxylic acids is 1. The standard InChI is InChI=1S/C12H15BrN2O/c1-8-6-10(13)12-11(7-8)15(9(2)16)5-3-4-14-12/h6-7,14H,3-5H2,1-2H3. The maximum atomic E-state index is 11.6. The van der Waals surface area contributed by atoms with Crippen LogP contribution in [0.1, 0.15) is 18.9 Å². The van der Waals surface area contributed by atoms with Gasteiger partial charge in [-0.25, -0.2) is 0 Å². The number of amides is 1. The summed E-state index contributed by atoms with van der Waals surface area (Å²) in [7, 11) is 0. The van der Waals surface area contributed by atoms with Crippen molar-refractivity contribution < 1.29 is 4.79 Å². The second-order valence-corrected chi connectivity index (χ2v) is 4.95. The summed E-state index contributed by atoms with van der Waals surface area (Å²) in [5.41, 5.74) is 3.16. The quantitative estimate of drug-likeness (QED) is 0.794. The minimum absolute atomic E-state index is 0.0995. The summed E-state index contributed by atoms with van der Waals surface area (Å²) >= 11 is 3.54. The van der Waals surface area contributed by atoms with Crippen LogP contribution in [0.25, 0.3) is 0 Å². The molecule has 1 aromatic carbocycles. The van der Waals surface area contributed by atoms with Crippen molar-refractivity contribution in [2.24, 2.45) is 0 Å². The summed E-state index contributed by atoms with van der Waals surface area (Å²) in [5.74, 6) is 0.0995. The third-order valence-corrected chi connectivity index (χ3v) is 3.37. The average molecular weight is 283 g/mol. The average Bonchev–Trinajstić information content (AvgIpc) is 2.39. The normalized spacial score (nSPS) is 15.1. The van der Waals surface area contributed by atoms with E-state index in [1.807, 2.05) is 11.8 Å². The Kier molecular flexibility index (Phi) is 3.19. The number of fused-ring (bicyclic) bond motifs is 1. The third-order valence-electron chi connectivity index (χ3n) is 2.74. The van der Waals surface area contributed by atoms with E-state index in [0.29, 0.717) is 0 Å². The van der Waals surface area contributed by atoms with Crippen LogP contribution in [0.15, 0.2) is 16.6 Å². The first-order valence-electron chi connectivity index (χ1n) is 5.41. The molecule has 0 fully saturated rings. The van der Waals surface area contributed by atoms with Gasteiger partial charge in [-0.05, 0) is 47.0 Å². The maximum absolute atomic E-state index is 11.6. The van der Waals surface area contributed by atoms with Crippen LogP contribution < -0.4 is 10.2 Å². The molecule has 2 rings (SSSR count). The van der Waals surface area contributed by atoms with Gasteiger partial charge in [0.1, 0.15) is 0 Å². The van der Waals surface area contributed by atoms with Crippen molar-refractivity contribution in [3.8, 4) is 0 Å². The molecule has 1 aliphatic heterocycles. The van der Waals surface area contributed by atoms with Gasteiger partial charge >= 0.3 is 0 Å².